The maximum Gasteiger partial charge on any atom is 0.305 e. The quantitative estimate of drug-likeness (QED) is 0.265. The maximum absolute atomic E-state index is 11.3. The van der Waals surface area contributed by atoms with Crippen LogP contribution >= 0.6 is 0 Å². The Hall–Kier alpha value is -0.610. The standard InChI is InChI=1S/C19H38O4/c1-3-5-7-8-9-10-11-14-21-17-18-22-15-12-13-19(20)23-16-6-4-2/h3-18H2,1-2H3. The topological polar surface area (TPSA) is 44.8 Å². The van der Waals surface area contributed by atoms with Crippen LogP contribution in [0.15, 0.2) is 0 Å². The lowest BCUT2D eigenvalue weighted by molar-refractivity contribution is -0.144. The van der Waals surface area contributed by atoms with E-state index in [9.17, 15) is 4.79 Å². The number of ether oxygens (including phenoxy) is 3. The van der Waals surface area contributed by atoms with E-state index in [1.165, 1.54) is 38.5 Å². The van der Waals surface area contributed by atoms with Gasteiger partial charge in [-0.1, -0.05) is 58.8 Å². The van der Waals surface area contributed by atoms with Crippen molar-refractivity contribution < 1.29 is 19.0 Å². The molecule has 4 heteroatoms. The predicted octanol–water partition coefficient (Wildman–Crippen LogP) is 4.89. The molecule has 0 saturated carbocycles. The van der Waals surface area contributed by atoms with Crippen LogP contribution in [0.3, 0.4) is 0 Å². The van der Waals surface area contributed by atoms with Gasteiger partial charge in [-0.3, -0.25) is 4.79 Å². The van der Waals surface area contributed by atoms with Gasteiger partial charge in [-0.2, -0.15) is 0 Å². The lowest BCUT2D eigenvalue weighted by atomic mass is 10.1. The van der Waals surface area contributed by atoms with Gasteiger partial charge in [-0.25, -0.2) is 0 Å². The van der Waals surface area contributed by atoms with E-state index in [1.807, 2.05) is 0 Å². The number of rotatable bonds is 18. The van der Waals surface area contributed by atoms with Crippen molar-refractivity contribution in [3.8, 4) is 0 Å². The molecule has 0 aromatic carbocycles. The molecule has 0 spiro atoms. The largest absolute Gasteiger partial charge is 0.466 e. The first-order valence-corrected chi connectivity index (χ1v) is 9.62. The van der Waals surface area contributed by atoms with Crippen molar-refractivity contribution in [2.75, 3.05) is 33.0 Å². The summed E-state index contributed by atoms with van der Waals surface area (Å²) in [4.78, 5) is 11.3. The average molecular weight is 331 g/mol. The van der Waals surface area contributed by atoms with Gasteiger partial charge in [0.15, 0.2) is 0 Å². The van der Waals surface area contributed by atoms with Gasteiger partial charge in [0.1, 0.15) is 0 Å². The molecule has 0 amide bonds. The molecule has 0 heterocycles. The molecule has 0 unspecified atom stereocenters. The number of hydrogen-bond acceptors (Lipinski definition) is 4. The molecule has 0 atom stereocenters. The molecule has 4 nitrogen and oxygen atoms in total. The van der Waals surface area contributed by atoms with E-state index in [2.05, 4.69) is 13.8 Å². The molecule has 138 valence electrons. The fraction of sp³-hybridized carbons (Fsp3) is 0.947. The fourth-order valence-corrected chi connectivity index (χ4v) is 2.20. The zero-order valence-corrected chi connectivity index (χ0v) is 15.4. The minimum Gasteiger partial charge on any atom is -0.466 e. The van der Waals surface area contributed by atoms with Crippen LogP contribution in [0, 0.1) is 0 Å². The van der Waals surface area contributed by atoms with Crippen LogP contribution in [0.5, 0.6) is 0 Å². The SMILES string of the molecule is CCCCCCCCCOCCOCCCC(=O)OCCCC. The highest BCUT2D eigenvalue weighted by molar-refractivity contribution is 5.69. The van der Waals surface area contributed by atoms with Gasteiger partial charge in [0.05, 0.1) is 19.8 Å². The highest BCUT2D eigenvalue weighted by Crippen LogP contribution is 2.06. The molecular formula is C19H38O4. The van der Waals surface area contributed by atoms with Crippen LogP contribution in [0.2, 0.25) is 0 Å². The highest BCUT2D eigenvalue weighted by atomic mass is 16.5. The molecule has 0 N–H and O–H groups in total. The van der Waals surface area contributed by atoms with E-state index >= 15 is 0 Å². The molecule has 0 aliphatic heterocycles. The molecule has 0 aromatic rings. The van der Waals surface area contributed by atoms with Crippen molar-refractivity contribution in [2.45, 2.75) is 84.5 Å². The summed E-state index contributed by atoms with van der Waals surface area (Å²) in [6.45, 7) is 7.57. The van der Waals surface area contributed by atoms with Gasteiger partial charge < -0.3 is 14.2 Å². The zero-order valence-electron chi connectivity index (χ0n) is 15.4. The number of hydrogen-bond donors (Lipinski definition) is 0. The minimum atomic E-state index is -0.114. The Bertz CT molecular complexity index is 244. The highest BCUT2D eigenvalue weighted by Gasteiger charge is 2.01. The molecule has 0 aliphatic rings. The average Bonchev–Trinajstić information content (AvgIpc) is 2.55. The first-order valence-electron chi connectivity index (χ1n) is 9.62. The van der Waals surface area contributed by atoms with Crippen LogP contribution < -0.4 is 0 Å². The van der Waals surface area contributed by atoms with Crippen LogP contribution in [0.4, 0.5) is 0 Å². The lowest BCUT2D eigenvalue weighted by Gasteiger charge is -2.06. The van der Waals surface area contributed by atoms with E-state index in [1.54, 1.807) is 0 Å². The van der Waals surface area contributed by atoms with E-state index < -0.39 is 0 Å². The fourth-order valence-electron chi connectivity index (χ4n) is 2.20. The molecule has 0 fully saturated rings. The van der Waals surface area contributed by atoms with Crippen molar-refractivity contribution in [1.82, 2.24) is 0 Å². The molecule has 23 heavy (non-hydrogen) atoms. The van der Waals surface area contributed by atoms with Crippen molar-refractivity contribution in [3.05, 3.63) is 0 Å². The monoisotopic (exact) mass is 330 g/mol. The second-order valence-electron chi connectivity index (χ2n) is 6.02. The summed E-state index contributed by atoms with van der Waals surface area (Å²) >= 11 is 0. The number of carbonyl (C=O) groups is 1. The van der Waals surface area contributed by atoms with E-state index in [4.69, 9.17) is 14.2 Å². The van der Waals surface area contributed by atoms with Gasteiger partial charge >= 0.3 is 5.97 Å². The van der Waals surface area contributed by atoms with Crippen LogP contribution in [-0.2, 0) is 19.0 Å². The molecule has 0 radical (unpaired) electrons. The van der Waals surface area contributed by atoms with Crippen LogP contribution in [0.1, 0.15) is 84.5 Å². The Balaban J connectivity index is 3.06. The minimum absolute atomic E-state index is 0.114. The third-order valence-electron chi connectivity index (χ3n) is 3.69. The molecule has 0 bridgehead atoms. The first-order chi connectivity index (χ1) is 11.3. The van der Waals surface area contributed by atoms with E-state index in [0.717, 1.165) is 32.3 Å². The number of esters is 1. The van der Waals surface area contributed by atoms with Gasteiger partial charge in [-0.15, -0.1) is 0 Å². The number of unbranched alkanes of at least 4 members (excludes halogenated alkanes) is 7. The summed E-state index contributed by atoms with van der Waals surface area (Å²) in [6, 6.07) is 0. The Labute approximate surface area is 143 Å². The van der Waals surface area contributed by atoms with E-state index in [-0.39, 0.29) is 5.97 Å². The molecule has 0 saturated heterocycles. The molecular weight excluding hydrogens is 292 g/mol. The Morgan fingerprint density at radius 2 is 1.17 bits per heavy atom. The van der Waals surface area contributed by atoms with Crippen molar-refractivity contribution in [2.24, 2.45) is 0 Å². The second-order valence-corrected chi connectivity index (χ2v) is 6.02. The van der Waals surface area contributed by atoms with Gasteiger partial charge in [0.2, 0.25) is 0 Å². The van der Waals surface area contributed by atoms with Crippen molar-refractivity contribution in [3.63, 3.8) is 0 Å². The van der Waals surface area contributed by atoms with Gasteiger partial charge in [-0.05, 0) is 19.3 Å². The summed E-state index contributed by atoms with van der Waals surface area (Å²) in [6.07, 6.45) is 12.3. The Morgan fingerprint density at radius 3 is 1.83 bits per heavy atom. The summed E-state index contributed by atoms with van der Waals surface area (Å²) < 4.78 is 16.1. The number of carbonyl (C=O) groups excluding carboxylic acids is 1. The second kappa shape index (κ2) is 19.4. The smallest absolute Gasteiger partial charge is 0.305 e. The first kappa shape index (κ1) is 22.4. The normalized spacial score (nSPS) is 10.9. The summed E-state index contributed by atoms with van der Waals surface area (Å²) in [7, 11) is 0. The van der Waals surface area contributed by atoms with E-state index in [0.29, 0.717) is 32.8 Å². The molecule has 0 aliphatic carbocycles. The molecule has 0 aromatic heterocycles. The Morgan fingerprint density at radius 1 is 0.609 bits per heavy atom. The predicted molar refractivity (Wildman–Crippen MR) is 94.7 cm³/mol. The van der Waals surface area contributed by atoms with Crippen LogP contribution in [-0.4, -0.2) is 39.0 Å². The summed E-state index contributed by atoms with van der Waals surface area (Å²) in [5.41, 5.74) is 0. The lowest BCUT2D eigenvalue weighted by Crippen LogP contribution is -2.09. The maximum atomic E-state index is 11.3. The zero-order chi connectivity index (χ0) is 17.0. The Kier molecular flexibility index (Phi) is 18.9. The molecule has 0 rings (SSSR count). The summed E-state index contributed by atoms with van der Waals surface area (Å²) in [5.74, 6) is -0.114. The van der Waals surface area contributed by atoms with Gasteiger partial charge in [0.25, 0.3) is 0 Å². The summed E-state index contributed by atoms with van der Waals surface area (Å²) in [5, 5.41) is 0. The van der Waals surface area contributed by atoms with Crippen LogP contribution in [0.25, 0.3) is 0 Å². The van der Waals surface area contributed by atoms with Crippen molar-refractivity contribution in [1.29, 1.82) is 0 Å². The van der Waals surface area contributed by atoms with Gasteiger partial charge in [0, 0.05) is 19.6 Å². The third-order valence-corrected chi connectivity index (χ3v) is 3.69. The van der Waals surface area contributed by atoms with Crippen molar-refractivity contribution >= 4 is 5.97 Å². The third kappa shape index (κ3) is 19.3.